The van der Waals surface area contributed by atoms with Gasteiger partial charge in [0.05, 0.1) is 18.2 Å². The maximum atomic E-state index is 13.8. The van der Waals surface area contributed by atoms with Crippen LogP contribution in [-0.4, -0.2) is 45.0 Å². The number of fused-ring (bicyclic) bond motifs is 1. The van der Waals surface area contributed by atoms with Crippen molar-refractivity contribution in [2.45, 2.75) is 70.4 Å². The average molecular weight is 539 g/mol. The fourth-order valence-corrected chi connectivity index (χ4v) is 6.00. The lowest BCUT2D eigenvalue weighted by Crippen LogP contribution is -2.62. The van der Waals surface area contributed by atoms with Crippen molar-refractivity contribution < 1.29 is 24.2 Å². The molecular formula is C28H34N4O5S. The van der Waals surface area contributed by atoms with Gasteiger partial charge < -0.3 is 20.5 Å². The standard InChI is InChI=1S/C28H34N4O5S/c1-3-4-14-28(32-26(35)36,23(33)24(34)31-19(2)20-9-6-5-7-10-20)16-27(12-8-13-27)17-37-25-22-21(11-15-38-22)29-18-30-25/h5-7,9-11,15,18-19,32H,3-4,8,12-14,16-17H2,1-2H3,(H,31,34)(H,35,36)/t19-,28?/m1/s1. The predicted octanol–water partition coefficient (Wildman–Crippen LogP) is 5.27. The average Bonchev–Trinajstić information content (AvgIpc) is 3.38. The highest BCUT2D eigenvalue weighted by molar-refractivity contribution is 7.17. The van der Waals surface area contributed by atoms with Gasteiger partial charge in [-0.2, -0.15) is 0 Å². The van der Waals surface area contributed by atoms with Gasteiger partial charge in [-0.25, -0.2) is 14.8 Å². The SMILES string of the molecule is CCCCC(CC1(COc2ncnc3ccsc23)CCC1)(NC(=O)O)C(=O)C(=O)N[C@H](C)c1ccccc1. The maximum Gasteiger partial charge on any atom is 0.405 e. The fourth-order valence-electron chi connectivity index (χ4n) is 5.21. The molecule has 2 amide bonds. The first kappa shape index (κ1) is 27.5. The molecule has 1 saturated carbocycles. The van der Waals surface area contributed by atoms with Crippen LogP contribution in [0, 0.1) is 5.41 Å². The fraction of sp³-hybridized carbons (Fsp3) is 0.464. The molecule has 2 aromatic heterocycles. The molecule has 0 aliphatic heterocycles. The molecule has 2 heterocycles. The van der Waals surface area contributed by atoms with Gasteiger partial charge in [-0.15, -0.1) is 11.3 Å². The van der Waals surface area contributed by atoms with Gasteiger partial charge in [-0.3, -0.25) is 9.59 Å². The molecule has 0 bridgehead atoms. The topological polar surface area (TPSA) is 131 Å². The minimum absolute atomic E-state index is 0.178. The first-order valence-corrected chi connectivity index (χ1v) is 13.9. The molecule has 1 fully saturated rings. The Bertz CT molecular complexity index is 1280. The number of carbonyl (C=O) groups is 3. The summed E-state index contributed by atoms with van der Waals surface area (Å²) in [6.07, 6.45) is 4.33. The highest BCUT2D eigenvalue weighted by Crippen LogP contribution is 2.48. The number of carboxylic acid groups (broad SMARTS) is 1. The van der Waals surface area contributed by atoms with Crippen LogP contribution in [0.2, 0.25) is 0 Å². The van der Waals surface area contributed by atoms with Crippen LogP contribution in [0.1, 0.15) is 70.4 Å². The molecule has 3 N–H and O–H groups in total. The van der Waals surface area contributed by atoms with Crippen LogP contribution in [0.5, 0.6) is 5.88 Å². The Labute approximate surface area is 226 Å². The van der Waals surface area contributed by atoms with E-state index in [1.165, 1.54) is 17.7 Å². The Balaban J connectivity index is 1.58. The van der Waals surface area contributed by atoms with E-state index in [1.807, 2.05) is 48.7 Å². The van der Waals surface area contributed by atoms with Gasteiger partial charge in [0.1, 0.15) is 16.6 Å². The van der Waals surface area contributed by atoms with Gasteiger partial charge in [-0.05, 0) is 49.6 Å². The normalized spacial score (nSPS) is 16.6. The summed E-state index contributed by atoms with van der Waals surface area (Å²) in [5, 5.41) is 17.0. The molecule has 1 unspecified atom stereocenters. The van der Waals surface area contributed by atoms with Gasteiger partial charge in [0.15, 0.2) is 0 Å². The zero-order chi connectivity index (χ0) is 27.2. The van der Waals surface area contributed by atoms with Crippen LogP contribution in [-0.2, 0) is 9.59 Å². The van der Waals surface area contributed by atoms with Gasteiger partial charge in [0.25, 0.3) is 5.91 Å². The minimum atomic E-state index is -1.56. The second-order valence-corrected chi connectivity index (χ2v) is 11.1. The number of unbranched alkanes of at least 4 members (excludes halogenated alkanes) is 1. The number of hydrogen-bond acceptors (Lipinski definition) is 7. The highest BCUT2D eigenvalue weighted by atomic mass is 32.1. The van der Waals surface area contributed by atoms with E-state index in [0.717, 1.165) is 41.5 Å². The minimum Gasteiger partial charge on any atom is -0.476 e. The first-order chi connectivity index (χ1) is 18.3. The zero-order valence-electron chi connectivity index (χ0n) is 21.7. The van der Waals surface area contributed by atoms with E-state index in [-0.39, 0.29) is 19.4 Å². The van der Waals surface area contributed by atoms with Crippen molar-refractivity contribution in [2.75, 3.05) is 6.61 Å². The highest BCUT2D eigenvalue weighted by Gasteiger charge is 2.51. The number of benzene rings is 1. The molecule has 10 heteroatoms. The number of carbonyl (C=O) groups excluding carboxylic acids is 2. The molecule has 0 spiro atoms. The summed E-state index contributed by atoms with van der Waals surface area (Å²) in [5.74, 6) is -1.08. The van der Waals surface area contributed by atoms with Crippen LogP contribution in [0.3, 0.4) is 0 Å². The lowest BCUT2D eigenvalue weighted by molar-refractivity contribution is -0.144. The summed E-state index contributed by atoms with van der Waals surface area (Å²) in [5.41, 5.74) is -0.374. The number of nitrogens with one attached hydrogen (secondary N) is 2. The molecule has 2 atom stereocenters. The van der Waals surface area contributed by atoms with Crippen molar-refractivity contribution in [3.8, 4) is 5.88 Å². The summed E-state index contributed by atoms with van der Waals surface area (Å²) in [6, 6.07) is 10.8. The molecule has 1 aromatic carbocycles. The molecule has 4 rings (SSSR count). The number of rotatable bonds is 13. The van der Waals surface area contributed by atoms with E-state index in [1.54, 1.807) is 6.92 Å². The number of nitrogens with zero attached hydrogens (tertiary/aromatic N) is 2. The lowest BCUT2D eigenvalue weighted by atomic mass is 9.61. The Morgan fingerprint density at radius 3 is 2.61 bits per heavy atom. The van der Waals surface area contributed by atoms with E-state index in [2.05, 4.69) is 20.6 Å². The largest absolute Gasteiger partial charge is 0.476 e. The summed E-state index contributed by atoms with van der Waals surface area (Å²) < 4.78 is 7.02. The van der Waals surface area contributed by atoms with Crippen molar-refractivity contribution in [1.82, 2.24) is 20.6 Å². The Kier molecular flexibility index (Phi) is 8.61. The van der Waals surface area contributed by atoms with Crippen LogP contribution >= 0.6 is 11.3 Å². The summed E-state index contributed by atoms with van der Waals surface area (Å²) in [7, 11) is 0. The summed E-state index contributed by atoms with van der Waals surface area (Å²) >= 11 is 1.49. The number of aromatic nitrogens is 2. The molecule has 0 radical (unpaired) electrons. The number of hydrogen-bond donors (Lipinski definition) is 3. The number of ketones is 1. The number of ether oxygens (including phenoxy) is 1. The van der Waals surface area contributed by atoms with Gasteiger partial charge >= 0.3 is 6.09 Å². The van der Waals surface area contributed by atoms with E-state index >= 15 is 0 Å². The number of amides is 2. The summed E-state index contributed by atoms with van der Waals surface area (Å²) in [4.78, 5) is 47.6. The number of thiophene rings is 1. The van der Waals surface area contributed by atoms with Gasteiger partial charge in [0, 0.05) is 5.41 Å². The van der Waals surface area contributed by atoms with E-state index in [0.29, 0.717) is 12.3 Å². The van der Waals surface area contributed by atoms with Crippen LogP contribution in [0.4, 0.5) is 4.79 Å². The molecule has 0 saturated heterocycles. The van der Waals surface area contributed by atoms with Crippen LogP contribution in [0.25, 0.3) is 10.2 Å². The molecule has 1 aliphatic rings. The Hall–Kier alpha value is -3.53. The number of Topliss-reactive ketones (excluding diaryl/α,β-unsaturated/α-hetero) is 1. The molecule has 1 aliphatic carbocycles. The maximum absolute atomic E-state index is 13.8. The van der Waals surface area contributed by atoms with Gasteiger partial charge in [-0.1, -0.05) is 56.5 Å². The second-order valence-electron chi connectivity index (χ2n) is 10.2. The second kappa shape index (κ2) is 11.9. The third-order valence-corrected chi connectivity index (χ3v) is 8.30. The Morgan fingerprint density at radius 2 is 1.95 bits per heavy atom. The molecular weight excluding hydrogens is 504 g/mol. The van der Waals surface area contributed by atoms with Crippen molar-refractivity contribution in [3.05, 3.63) is 53.7 Å². The van der Waals surface area contributed by atoms with Crippen LogP contribution in [0.15, 0.2) is 48.1 Å². The first-order valence-electron chi connectivity index (χ1n) is 13.0. The lowest BCUT2D eigenvalue weighted by Gasteiger charge is -2.47. The van der Waals surface area contributed by atoms with Crippen molar-refractivity contribution in [3.63, 3.8) is 0 Å². The smallest absolute Gasteiger partial charge is 0.405 e. The Morgan fingerprint density at radius 1 is 1.18 bits per heavy atom. The predicted molar refractivity (Wildman–Crippen MR) is 145 cm³/mol. The summed E-state index contributed by atoms with van der Waals surface area (Å²) in [6.45, 7) is 4.03. The molecule has 9 nitrogen and oxygen atoms in total. The zero-order valence-corrected chi connectivity index (χ0v) is 22.6. The van der Waals surface area contributed by atoms with Crippen molar-refractivity contribution in [2.24, 2.45) is 5.41 Å². The van der Waals surface area contributed by atoms with Crippen molar-refractivity contribution in [1.29, 1.82) is 0 Å². The monoisotopic (exact) mass is 538 g/mol. The quantitative estimate of drug-likeness (QED) is 0.253. The van der Waals surface area contributed by atoms with E-state index in [4.69, 9.17) is 4.74 Å². The third-order valence-electron chi connectivity index (χ3n) is 7.41. The van der Waals surface area contributed by atoms with E-state index in [9.17, 15) is 19.5 Å². The molecule has 3 aromatic rings. The van der Waals surface area contributed by atoms with Gasteiger partial charge in [0.2, 0.25) is 11.7 Å². The molecule has 202 valence electrons. The van der Waals surface area contributed by atoms with Crippen molar-refractivity contribution >= 4 is 39.3 Å². The third kappa shape index (κ3) is 6.12. The van der Waals surface area contributed by atoms with E-state index < -0.39 is 34.8 Å². The molecule has 38 heavy (non-hydrogen) atoms. The van der Waals surface area contributed by atoms with Crippen LogP contribution < -0.4 is 15.4 Å².